The van der Waals surface area contributed by atoms with Crippen LogP contribution < -0.4 is 4.90 Å². The van der Waals surface area contributed by atoms with E-state index < -0.39 is 0 Å². The van der Waals surface area contributed by atoms with E-state index in [0.29, 0.717) is 0 Å². The summed E-state index contributed by atoms with van der Waals surface area (Å²) in [6.07, 6.45) is 0. The molecule has 0 saturated carbocycles. The van der Waals surface area contributed by atoms with Gasteiger partial charge in [0.15, 0.2) is 0 Å². The molecular formula is C33H25N. The lowest BCUT2D eigenvalue weighted by molar-refractivity contribution is 1.31. The second kappa shape index (κ2) is 8.53. The van der Waals surface area contributed by atoms with Crippen molar-refractivity contribution in [2.24, 2.45) is 0 Å². The van der Waals surface area contributed by atoms with Gasteiger partial charge in [0.1, 0.15) is 0 Å². The zero-order valence-corrected chi connectivity index (χ0v) is 19.1. The predicted molar refractivity (Wildman–Crippen MR) is 146 cm³/mol. The SMILES string of the molecule is Cc1c2ccccc2c(N(c2ccccc2)c2cccc(-c3ccccc3)c2)c2ccccc12. The monoisotopic (exact) mass is 435 g/mol. The Morgan fingerprint density at radius 1 is 0.412 bits per heavy atom. The minimum Gasteiger partial charge on any atom is -0.309 e. The number of aryl methyl sites for hydroxylation is 1. The molecule has 0 spiro atoms. The van der Waals surface area contributed by atoms with Crippen molar-refractivity contribution < 1.29 is 0 Å². The first kappa shape index (κ1) is 20.3. The fourth-order valence-electron chi connectivity index (χ4n) is 5.00. The van der Waals surface area contributed by atoms with Gasteiger partial charge in [-0.1, -0.05) is 109 Å². The summed E-state index contributed by atoms with van der Waals surface area (Å²) in [7, 11) is 0. The second-order valence-corrected chi connectivity index (χ2v) is 8.65. The number of hydrogen-bond donors (Lipinski definition) is 0. The second-order valence-electron chi connectivity index (χ2n) is 8.65. The lowest BCUT2D eigenvalue weighted by Crippen LogP contribution is -2.11. The summed E-state index contributed by atoms with van der Waals surface area (Å²) < 4.78 is 0. The summed E-state index contributed by atoms with van der Waals surface area (Å²) in [5, 5.41) is 5.09. The van der Waals surface area contributed by atoms with Crippen molar-refractivity contribution in [3.05, 3.63) is 139 Å². The highest BCUT2D eigenvalue weighted by Gasteiger charge is 2.20. The van der Waals surface area contributed by atoms with E-state index in [0.717, 1.165) is 11.4 Å². The normalized spacial score (nSPS) is 11.1. The highest BCUT2D eigenvalue weighted by atomic mass is 15.1. The molecule has 0 N–H and O–H groups in total. The fourth-order valence-corrected chi connectivity index (χ4v) is 5.00. The zero-order chi connectivity index (χ0) is 22.9. The van der Waals surface area contributed by atoms with Crippen LogP contribution in [0.15, 0.2) is 133 Å². The predicted octanol–water partition coefficient (Wildman–Crippen LogP) is 9.44. The molecule has 0 atom stereocenters. The molecule has 162 valence electrons. The van der Waals surface area contributed by atoms with Crippen LogP contribution in [0.25, 0.3) is 32.7 Å². The number of para-hydroxylation sites is 1. The van der Waals surface area contributed by atoms with Crippen LogP contribution >= 0.6 is 0 Å². The Bertz CT molecular complexity index is 1540. The lowest BCUT2D eigenvalue weighted by Gasteiger charge is -2.29. The molecule has 0 fully saturated rings. The van der Waals surface area contributed by atoms with Crippen LogP contribution in [-0.4, -0.2) is 0 Å². The van der Waals surface area contributed by atoms with E-state index in [2.05, 4.69) is 145 Å². The maximum atomic E-state index is 2.41. The number of hydrogen-bond acceptors (Lipinski definition) is 1. The summed E-state index contributed by atoms with van der Waals surface area (Å²) in [5.74, 6) is 0. The number of benzene rings is 6. The molecule has 0 aliphatic carbocycles. The minimum atomic E-state index is 1.15. The van der Waals surface area contributed by atoms with Crippen LogP contribution in [0.4, 0.5) is 17.1 Å². The first-order valence-corrected chi connectivity index (χ1v) is 11.7. The van der Waals surface area contributed by atoms with Crippen LogP contribution in [0.3, 0.4) is 0 Å². The largest absolute Gasteiger partial charge is 0.309 e. The third kappa shape index (κ3) is 3.43. The van der Waals surface area contributed by atoms with Crippen molar-refractivity contribution in [2.45, 2.75) is 6.92 Å². The van der Waals surface area contributed by atoms with Gasteiger partial charge >= 0.3 is 0 Å². The minimum absolute atomic E-state index is 1.15. The first-order chi connectivity index (χ1) is 16.8. The smallest absolute Gasteiger partial charge is 0.0618 e. The van der Waals surface area contributed by atoms with Crippen molar-refractivity contribution >= 4 is 38.6 Å². The highest BCUT2D eigenvalue weighted by molar-refractivity contribution is 6.16. The van der Waals surface area contributed by atoms with Gasteiger partial charge in [0.25, 0.3) is 0 Å². The fraction of sp³-hybridized carbons (Fsp3) is 0.0303. The number of rotatable bonds is 4. The third-order valence-corrected chi connectivity index (χ3v) is 6.62. The zero-order valence-electron chi connectivity index (χ0n) is 19.1. The molecular weight excluding hydrogens is 410 g/mol. The van der Waals surface area contributed by atoms with Gasteiger partial charge in [-0.25, -0.2) is 0 Å². The Morgan fingerprint density at radius 2 is 0.882 bits per heavy atom. The van der Waals surface area contributed by atoms with Gasteiger partial charge < -0.3 is 4.90 Å². The number of anilines is 3. The molecule has 0 unspecified atom stereocenters. The van der Waals surface area contributed by atoms with Gasteiger partial charge in [-0.2, -0.15) is 0 Å². The first-order valence-electron chi connectivity index (χ1n) is 11.7. The van der Waals surface area contributed by atoms with E-state index in [1.54, 1.807) is 0 Å². The molecule has 1 heteroatoms. The number of nitrogens with zero attached hydrogens (tertiary/aromatic N) is 1. The van der Waals surface area contributed by atoms with Crippen molar-refractivity contribution in [3.63, 3.8) is 0 Å². The molecule has 34 heavy (non-hydrogen) atoms. The van der Waals surface area contributed by atoms with Gasteiger partial charge in [0.2, 0.25) is 0 Å². The van der Waals surface area contributed by atoms with Gasteiger partial charge in [0, 0.05) is 22.1 Å². The number of fused-ring (bicyclic) bond motifs is 2. The Kier molecular flexibility index (Phi) is 5.08. The van der Waals surface area contributed by atoms with Crippen LogP contribution in [0.5, 0.6) is 0 Å². The molecule has 0 aromatic heterocycles. The van der Waals surface area contributed by atoms with E-state index >= 15 is 0 Å². The average Bonchev–Trinajstić information content (AvgIpc) is 2.92. The van der Waals surface area contributed by atoms with Crippen molar-refractivity contribution in [3.8, 4) is 11.1 Å². The summed E-state index contributed by atoms with van der Waals surface area (Å²) in [4.78, 5) is 2.41. The molecule has 6 rings (SSSR count). The van der Waals surface area contributed by atoms with Gasteiger partial charge in [-0.15, -0.1) is 0 Å². The van der Waals surface area contributed by atoms with E-state index in [4.69, 9.17) is 0 Å². The van der Waals surface area contributed by atoms with Crippen LogP contribution in [0.2, 0.25) is 0 Å². The van der Waals surface area contributed by atoms with E-state index in [9.17, 15) is 0 Å². The Hall–Kier alpha value is -4.36. The van der Waals surface area contributed by atoms with Gasteiger partial charge in [-0.05, 0) is 58.7 Å². The van der Waals surface area contributed by atoms with Crippen molar-refractivity contribution in [1.29, 1.82) is 0 Å². The maximum Gasteiger partial charge on any atom is 0.0618 e. The maximum absolute atomic E-state index is 2.41. The van der Waals surface area contributed by atoms with E-state index in [1.165, 1.54) is 43.9 Å². The molecule has 1 nitrogen and oxygen atoms in total. The van der Waals surface area contributed by atoms with Crippen molar-refractivity contribution in [2.75, 3.05) is 4.90 Å². The van der Waals surface area contributed by atoms with E-state index in [-0.39, 0.29) is 0 Å². The summed E-state index contributed by atoms with van der Waals surface area (Å²) >= 11 is 0. The molecule has 6 aromatic rings. The quantitative estimate of drug-likeness (QED) is 0.249. The van der Waals surface area contributed by atoms with Crippen LogP contribution in [0, 0.1) is 6.92 Å². The Labute approximate surface area is 200 Å². The van der Waals surface area contributed by atoms with E-state index in [1.807, 2.05) is 0 Å². The van der Waals surface area contributed by atoms with Gasteiger partial charge in [-0.3, -0.25) is 0 Å². The molecule has 0 amide bonds. The van der Waals surface area contributed by atoms with Crippen molar-refractivity contribution in [1.82, 2.24) is 0 Å². The molecule has 0 radical (unpaired) electrons. The Morgan fingerprint density at radius 3 is 1.50 bits per heavy atom. The van der Waals surface area contributed by atoms with Gasteiger partial charge in [0.05, 0.1) is 5.69 Å². The third-order valence-electron chi connectivity index (χ3n) is 6.62. The molecule has 0 heterocycles. The molecule has 0 aliphatic heterocycles. The molecule has 0 bridgehead atoms. The molecule has 0 aliphatic rings. The lowest BCUT2D eigenvalue weighted by atomic mass is 9.94. The molecule has 0 saturated heterocycles. The Balaban J connectivity index is 1.70. The highest BCUT2D eigenvalue weighted by Crippen LogP contribution is 2.45. The van der Waals surface area contributed by atoms with Crippen LogP contribution in [0.1, 0.15) is 5.56 Å². The summed E-state index contributed by atoms with van der Waals surface area (Å²) in [6.45, 7) is 2.23. The topological polar surface area (TPSA) is 3.24 Å². The average molecular weight is 436 g/mol. The molecule has 6 aromatic carbocycles. The van der Waals surface area contributed by atoms with Crippen LogP contribution in [-0.2, 0) is 0 Å². The summed E-state index contributed by atoms with van der Waals surface area (Å²) in [5.41, 5.74) is 7.25. The summed E-state index contributed by atoms with van der Waals surface area (Å²) in [6, 6.07) is 47.7. The standard InChI is InChI=1S/C33H25N/c1-24-29-19-8-10-21-31(29)33(32-22-11-9-20-30(24)32)34(27-16-6-3-7-17-27)28-18-12-15-26(23-28)25-13-4-2-5-14-25/h2-23H,1H3.